The van der Waals surface area contributed by atoms with Crippen molar-refractivity contribution in [2.24, 2.45) is 0 Å². The van der Waals surface area contributed by atoms with Crippen LogP contribution in [-0.4, -0.2) is 32.2 Å². The standard InChI is InChI=1S/C19H18N4O3/c1-12-8-9-13(11-17(12)23(25)26)19(24)22-10-4-7-16(22)18-20-14-5-2-3-6-15(14)21-18/h2-3,5-6,8-9,11,16H,4,7,10H2,1H3,(H,20,21)/t16-/m1/s1. The van der Waals surface area contributed by atoms with Crippen LogP contribution in [0.3, 0.4) is 0 Å². The monoisotopic (exact) mass is 350 g/mol. The van der Waals surface area contributed by atoms with Gasteiger partial charge in [-0.3, -0.25) is 14.9 Å². The maximum atomic E-state index is 13.0. The van der Waals surface area contributed by atoms with E-state index < -0.39 is 4.92 Å². The second-order valence-corrected chi connectivity index (χ2v) is 6.55. The highest BCUT2D eigenvalue weighted by molar-refractivity contribution is 5.95. The molecule has 3 aromatic rings. The number of carbonyl (C=O) groups is 1. The third kappa shape index (κ3) is 2.71. The molecule has 1 amide bonds. The number of aromatic amines is 1. The number of para-hydroxylation sites is 2. The molecule has 2 heterocycles. The summed E-state index contributed by atoms with van der Waals surface area (Å²) in [6.07, 6.45) is 1.70. The van der Waals surface area contributed by atoms with Crippen LogP contribution in [0.25, 0.3) is 11.0 Å². The number of imidazole rings is 1. The number of aromatic nitrogens is 2. The molecule has 2 aromatic carbocycles. The van der Waals surface area contributed by atoms with Crippen LogP contribution in [0, 0.1) is 17.0 Å². The van der Waals surface area contributed by atoms with E-state index in [9.17, 15) is 14.9 Å². The van der Waals surface area contributed by atoms with E-state index in [1.165, 1.54) is 6.07 Å². The van der Waals surface area contributed by atoms with Crippen LogP contribution >= 0.6 is 0 Å². The molecule has 1 atom stereocenters. The van der Waals surface area contributed by atoms with Gasteiger partial charge in [-0.2, -0.15) is 0 Å². The zero-order valence-corrected chi connectivity index (χ0v) is 14.3. The van der Waals surface area contributed by atoms with E-state index in [0.717, 1.165) is 29.7 Å². The Hall–Kier alpha value is -3.22. The van der Waals surface area contributed by atoms with E-state index in [1.54, 1.807) is 24.0 Å². The Balaban J connectivity index is 1.67. The van der Waals surface area contributed by atoms with Gasteiger partial charge in [0.05, 0.1) is 22.0 Å². The first-order valence-corrected chi connectivity index (χ1v) is 8.55. The molecule has 0 saturated carbocycles. The van der Waals surface area contributed by atoms with E-state index in [4.69, 9.17) is 0 Å². The highest BCUT2D eigenvalue weighted by Crippen LogP contribution is 2.33. The molecule has 1 saturated heterocycles. The number of nitrogens with zero attached hydrogens (tertiary/aromatic N) is 3. The van der Waals surface area contributed by atoms with E-state index in [1.807, 2.05) is 24.3 Å². The Morgan fingerprint density at radius 1 is 1.31 bits per heavy atom. The van der Waals surface area contributed by atoms with E-state index in [0.29, 0.717) is 17.7 Å². The predicted molar refractivity (Wildman–Crippen MR) is 96.9 cm³/mol. The lowest BCUT2D eigenvalue weighted by Gasteiger charge is -2.23. The van der Waals surface area contributed by atoms with Crippen LogP contribution in [0.5, 0.6) is 0 Å². The van der Waals surface area contributed by atoms with Gasteiger partial charge in [0, 0.05) is 23.7 Å². The summed E-state index contributed by atoms with van der Waals surface area (Å²) in [4.78, 5) is 33.4. The Labute approximate surface area is 149 Å². The van der Waals surface area contributed by atoms with Crippen molar-refractivity contribution in [1.29, 1.82) is 0 Å². The molecule has 1 aliphatic rings. The zero-order chi connectivity index (χ0) is 18.3. The quantitative estimate of drug-likeness (QED) is 0.575. The molecule has 0 bridgehead atoms. The molecular weight excluding hydrogens is 332 g/mol. The first-order valence-electron chi connectivity index (χ1n) is 8.55. The molecule has 1 N–H and O–H groups in total. The number of rotatable bonds is 3. The summed E-state index contributed by atoms with van der Waals surface area (Å²) in [5.41, 5.74) is 2.66. The van der Waals surface area contributed by atoms with Crippen LogP contribution < -0.4 is 0 Å². The Morgan fingerprint density at radius 2 is 2.12 bits per heavy atom. The average Bonchev–Trinajstić information content (AvgIpc) is 3.27. The van der Waals surface area contributed by atoms with Crippen molar-refractivity contribution in [3.05, 3.63) is 69.5 Å². The summed E-state index contributed by atoms with van der Waals surface area (Å²) < 4.78 is 0. The summed E-state index contributed by atoms with van der Waals surface area (Å²) in [7, 11) is 0. The van der Waals surface area contributed by atoms with Crippen molar-refractivity contribution >= 4 is 22.6 Å². The first kappa shape index (κ1) is 16.3. The molecule has 0 unspecified atom stereocenters. The molecule has 26 heavy (non-hydrogen) atoms. The number of benzene rings is 2. The lowest BCUT2D eigenvalue weighted by Crippen LogP contribution is -2.31. The minimum atomic E-state index is -0.452. The van der Waals surface area contributed by atoms with E-state index in [2.05, 4.69) is 9.97 Å². The summed E-state index contributed by atoms with van der Waals surface area (Å²) in [5, 5.41) is 11.2. The molecule has 1 fully saturated rings. The number of aryl methyl sites for hydroxylation is 1. The van der Waals surface area contributed by atoms with Crippen LogP contribution in [0.4, 0.5) is 5.69 Å². The Morgan fingerprint density at radius 3 is 2.88 bits per heavy atom. The maximum absolute atomic E-state index is 13.0. The summed E-state index contributed by atoms with van der Waals surface area (Å²) >= 11 is 0. The number of carbonyl (C=O) groups excluding carboxylic acids is 1. The summed E-state index contributed by atoms with van der Waals surface area (Å²) in [6.45, 7) is 2.28. The number of H-pyrrole nitrogens is 1. The van der Waals surface area contributed by atoms with Crippen LogP contribution in [0.2, 0.25) is 0 Å². The zero-order valence-electron chi connectivity index (χ0n) is 14.3. The van der Waals surface area contributed by atoms with Gasteiger partial charge in [-0.15, -0.1) is 0 Å². The molecule has 0 radical (unpaired) electrons. The first-order chi connectivity index (χ1) is 12.5. The number of nitrogens with one attached hydrogen (secondary N) is 1. The lowest BCUT2D eigenvalue weighted by molar-refractivity contribution is -0.385. The number of fused-ring (bicyclic) bond motifs is 1. The fourth-order valence-electron chi connectivity index (χ4n) is 3.53. The fraction of sp³-hybridized carbons (Fsp3) is 0.263. The van der Waals surface area contributed by atoms with Gasteiger partial charge in [0.1, 0.15) is 5.82 Å². The van der Waals surface area contributed by atoms with Crippen LogP contribution in [0.15, 0.2) is 42.5 Å². The van der Waals surface area contributed by atoms with Crippen molar-refractivity contribution in [1.82, 2.24) is 14.9 Å². The van der Waals surface area contributed by atoms with Crippen LogP contribution in [0.1, 0.15) is 40.6 Å². The molecule has 7 heteroatoms. The third-order valence-corrected chi connectivity index (χ3v) is 4.89. The minimum Gasteiger partial charge on any atom is -0.340 e. The van der Waals surface area contributed by atoms with Gasteiger partial charge in [-0.25, -0.2) is 4.98 Å². The second kappa shape index (κ2) is 6.25. The van der Waals surface area contributed by atoms with Crippen molar-refractivity contribution in [3.8, 4) is 0 Å². The van der Waals surface area contributed by atoms with Gasteiger partial charge in [-0.1, -0.05) is 18.2 Å². The molecular formula is C19H18N4O3. The number of nitro benzene ring substituents is 1. The highest BCUT2D eigenvalue weighted by Gasteiger charge is 2.33. The van der Waals surface area contributed by atoms with Crippen molar-refractivity contribution in [3.63, 3.8) is 0 Å². The van der Waals surface area contributed by atoms with Crippen molar-refractivity contribution in [2.75, 3.05) is 6.54 Å². The van der Waals surface area contributed by atoms with Gasteiger partial charge in [-0.05, 0) is 38.0 Å². The molecule has 1 aromatic heterocycles. The van der Waals surface area contributed by atoms with E-state index in [-0.39, 0.29) is 17.6 Å². The average molecular weight is 350 g/mol. The van der Waals surface area contributed by atoms with Gasteiger partial charge in [0.25, 0.3) is 11.6 Å². The second-order valence-electron chi connectivity index (χ2n) is 6.55. The molecule has 0 spiro atoms. The third-order valence-electron chi connectivity index (χ3n) is 4.89. The fourth-order valence-corrected chi connectivity index (χ4v) is 3.53. The summed E-state index contributed by atoms with van der Waals surface area (Å²) in [5.74, 6) is 0.565. The molecule has 132 valence electrons. The summed E-state index contributed by atoms with van der Waals surface area (Å²) in [6, 6.07) is 12.2. The van der Waals surface area contributed by atoms with Crippen molar-refractivity contribution in [2.45, 2.75) is 25.8 Å². The number of hydrogen-bond donors (Lipinski definition) is 1. The molecule has 1 aliphatic heterocycles. The minimum absolute atomic E-state index is 0.0321. The van der Waals surface area contributed by atoms with E-state index >= 15 is 0 Å². The van der Waals surface area contributed by atoms with Gasteiger partial charge in [0.2, 0.25) is 0 Å². The number of likely N-dealkylation sites (tertiary alicyclic amines) is 1. The SMILES string of the molecule is Cc1ccc(C(=O)N2CCC[C@@H]2c2nc3ccccc3[nH]2)cc1[N+](=O)[O-]. The highest BCUT2D eigenvalue weighted by atomic mass is 16.6. The largest absolute Gasteiger partial charge is 0.340 e. The molecule has 4 rings (SSSR count). The Kier molecular flexibility index (Phi) is 3.91. The van der Waals surface area contributed by atoms with Gasteiger partial charge in [0.15, 0.2) is 0 Å². The smallest absolute Gasteiger partial charge is 0.273 e. The Bertz CT molecular complexity index is 978. The van der Waals surface area contributed by atoms with Crippen LogP contribution in [-0.2, 0) is 0 Å². The van der Waals surface area contributed by atoms with Gasteiger partial charge < -0.3 is 9.88 Å². The topological polar surface area (TPSA) is 92.1 Å². The molecule has 0 aliphatic carbocycles. The predicted octanol–water partition coefficient (Wildman–Crippen LogP) is 3.76. The number of amides is 1. The van der Waals surface area contributed by atoms with Crippen molar-refractivity contribution < 1.29 is 9.72 Å². The van der Waals surface area contributed by atoms with Gasteiger partial charge >= 0.3 is 0 Å². The number of nitro groups is 1. The normalized spacial score (nSPS) is 17.0. The maximum Gasteiger partial charge on any atom is 0.273 e. The lowest BCUT2D eigenvalue weighted by atomic mass is 10.1. The number of hydrogen-bond acceptors (Lipinski definition) is 4. The molecule has 7 nitrogen and oxygen atoms in total.